The van der Waals surface area contributed by atoms with E-state index in [9.17, 15) is 19.5 Å². The van der Waals surface area contributed by atoms with Crippen LogP contribution in [-0.2, 0) is 16.0 Å². The van der Waals surface area contributed by atoms with Gasteiger partial charge in [0.1, 0.15) is 23.7 Å². The van der Waals surface area contributed by atoms with Crippen molar-refractivity contribution in [2.45, 2.75) is 52.7 Å². The third kappa shape index (κ3) is 5.76. The summed E-state index contributed by atoms with van der Waals surface area (Å²) in [6.45, 7) is 8.70. The lowest BCUT2D eigenvalue weighted by Gasteiger charge is -2.29. The smallest absolute Gasteiger partial charge is 0.417 e. The minimum atomic E-state index is -1.21. The molecule has 2 aromatic rings. The molecule has 33 heavy (non-hydrogen) atoms. The first-order chi connectivity index (χ1) is 15.5. The van der Waals surface area contributed by atoms with Gasteiger partial charge in [-0.15, -0.1) is 0 Å². The van der Waals surface area contributed by atoms with Gasteiger partial charge in [-0.3, -0.25) is 14.5 Å². The molecule has 0 unspecified atom stereocenters. The van der Waals surface area contributed by atoms with Crippen molar-refractivity contribution in [1.29, 1.82) is 0 Å². The molecule has 0 fully saturated rings. The molecule has 10 heteroatoms. The number of ether oxygens (including phenoxy) is 2. The number of carbonyl (C=O) groups excluding carboxylic acids is 2. The number of benzene rings is 1. The molecule has 176 valence electrons. The van der Waals surface area contributed by atoms with Crippen LogP contribution in [-0.4, -0.2) is 57.8 Å². The Morgan fingerprint density at radius 3 is 2.58 bits per heavy atom. The van der Waals surface area contributed by atoms with E-state index in [1.54, 1.807) is 52.8 Å². The van der Waals surface area contributed by atoms with Gasteiger partial charge >= 0.3 is 12.1 Å². The molecule has 0 saturated heterocycles. The Morgan fingerprint density at radius 1 is 1.21 bits per heavy atom. The molecule has 0 atom stereocenters. The van der Waals surface area contributed by atoms with Crippen molar-refractivity contribution in [3.8, 4) is 5.75 Å². The van der Waals surface area contributed by atoms with Crippen LogP contribution in [0.1, 0.15) is 50.5 Å². The van der Waals surface area contributed by atoms with Crippen LogP contribution in [0.25, 0.3) is 0 Å². The molecule has 3 rings (SSSR count). The summed E-state index contributed by atoms with van der Waals surface area (Å²) < 4.78 is 10.9. The van der Waals surface area contributed by atoms with Gasteiger partial charge in [-0.05, 0) is 64.4 Å². The number of anilines is 2. The number of aromatic nitrogens is 2. The molecule has 0 spiro atoms. The third-order valence-corrected chi connectivity index (χ3v) is 4.70. The average molecular weight is 456 g/mol. The number of rotatable bonds is 6. The first-order valence-corrected chi connectivity index (χ1v) is 10.6. The fourth-order valence-corrected chi connectivity index (χ4v) is 3.31. The van der Waals surface area contributed by atoms with E-state index in [1.807, 2.05) is 0 Å². The molecule has 2 heterocycles. The molecule has 0 saturated carbocycles. The van der Waals surface area contributed by atoms with E-state index in [4.69, 9.17) is 9.47 Å². The molecule has 1 N–H and O–H groups in total. The SMILES string of the molecule is CC(C)N(C(=O)OC(C)(C)C)c1nccc(N(CC(=O)O)C(=O)c2ccc3c(c2)CCO3)n1. The van der Waals surface area contributed by atoms with Crippen LogP contribution in [0.2, 0.25) is 0 Å². The molecule has 2 amide bonds. The van der Waals surface area contributed by atoms with Crippen molar-refractivity contribution in [2.24, 2.45) is 0 Å². The van der Waals surface area contributed by atoms with Gasteiger partial charge in [-0.25, -0.2) is 14.7 Å². The highest BCUT2D eigenvalue weighted by Crippen LogP contribution is 2.27. The third-order valence-electron chi connectivity index (χ3n) is 4.70. The largest absolute Gasteiger partial charge is 0.493 e. The number of fused-ring (bicyclic) bond motifs is 1. The van der Waals surface area contributed by atoms with Crippen molar-refractivity contribution in [1.82, 2.24) is 9.97 Å². The maximum absolute atomic E-state index is 13.3. The zero-order valence-corrected chi connectivity index (χ0v) is 19.4. The summed E-state index contributed by atoms with van der Waals surface area (Å²) in [5.74, 6) is -0.975. The summed E-state index contributed by atoms with van der Waals surface area (Å²) in [6, 6.07) is 6.06. The normalized spacial score (nSPS) is 12.7. The lowest BCUT2D eigenvalue weighted by Crippen LogP contribution is -2.42. The van der Waals surface area contributed by atoms with E-state index in [1.165, 1.54) is 17.2 Å². The summed E-state index contributed by atoms with van der Waals surface area (Å²) in [4.78, 5) is 48.4. The second kappa shape index (κ2) is 9.43. The van der Waals surface area contributed by atoms with Gasteiger partial charge in [-0.1, -0.05) is 0 Å². The van der Waals surface area contributed by atoms with E-state index < -0.39 is 30.1 Å². The summed E-state index contributed by atoms with van der Waals surface area (Å²) in [5, 5.41) is 9.44. The van der Waals surface area contributed by atoms with E-state index >= 15 is 0 Å². The first-order valence-electron chi connectivity index (χ1n) is 10.6. The van der Waals surface area contributed by atoms with Crippen molar-refractivity contribution in [3.05, 3.63) is 41.6 Å². The van der Waals surface area contributed by atoms with E-state index in [0.29, 0.717) is 24.3 Å². The fraction of sp³-hybridized carbons (Fsp3) is 0.435. The Morgan fingerprint density at radius 2 is 1.94 bits per heavy atom. The van der Waals surface area contributed by atoms with Gasteiger partial charge in [0.25, 0.3) is 5.91 Å². The Bertz CT molecular complexity index is 1060. The van der Waals surface area contributed by atoms with Gasteiger partial charge in [0.15, 0.2) is 0 Å². The van der Waals surface area contributed by atoms with Crippen molar-refractivity contribution < 1.29 is 29.0 Å². The van der Waals surface area contributed by atoms with Crippen LogP contribution < -0.4 is 14.5 Å². The van der Waals surface area contributed by atoms with Crippen molar-refractivity contribution >= 4 is 29.7 Å². The Hall–Kier alpha value is -3.69. The molecule has 1 aromatic carbocycles. The van der Waals surface area contributed by atoms with Gasteiger partial charge in [-0.2, -0.15) is 4.98 Å². The van der Waals surface area contributed by atoms with Crippen molar-refractivity contribution in [2.75, 3.05) is 23.0 Å². The summed E-state index contributed by atoms with van der Waals surface area (Å²) >= 11 is 0. The molecule has 10 nitrogen and oxygen atoms in total. The molecule has 0 bridgehead atoms. The highest BCUT2D eigenvalue weighted by molar-refractivity contribution is 6.08. The second-order valence-corrected chi connectivity index (χ2v) is 8.86. The van der Waals surface area contributed by atoms with E-state index in [0.717, 1.165) is 10.5 Å². The van der Waals surface area contributed by atoms with Gasteiger partial charge in [0.05, 0.1) is 6.61 Å². The number of nitrogens with zero attached hydrogens (tertiary/aromatic N) is 4. The summed E-state index contributed by atoms with van der Waals surface area (Å²) in [6.07, 6.45) is 1.40. The number of carboxylic acids is 1. The molecular weight excluding hydrogens is 428 g/mol. The quantitative estimate of drug-likeness (QED) is 0.703. The van der Waals surface area contributed by atoms with Crippen LogP contribution in [0.4, 0.5) is 16.6 Å². The maximum atomic E-state index is 13.3. The number of carbonyl (C=O) groups is 3. The minimum absolute atomic E-state index is 0.00212. The van der Waals surface area contributed by atoms with Crippen LogP contribution in [0.3, 0.4) is 0 Å². The lowest BCUT2D eigenvalue weighted by molar-refractivity contribution is -0.135. The van der Waals surface area contributed by atoms with Crippen molar-refractivity contribution in [3.63, 3.8) is 0 Å². The zero-order chi connectivity index (χ0) is 24.3. The maximum Gasteiger partial charge on any atom is 0.417 e. The monoisotopic (exact) mass is 456 g/mol. The van der Waals surface area contributed by atoms with Gasteiger partial charge in [0, 0.05) is 24.2 Å². The van der Waals surface area contributed by atoms with E-state index in [2.05, 4.69) is 9.97 Å². The predicted molar refractivity (Wildman–Crippen MR) is 121 cm³/mol. The summed E-state index contributed by atoms with van der Waals surface area (Å²) in [5.41, 5.74) is 0.466. The predicted octanol–water partition coefficient (Wildman–Crippen LogP) is 3.29. The Balaban J connectivity index is 1.97. The highest BCUT2D eigenvalue weighted by Gasteiger charge is 2.29. The second-order valence-electron chi connectivity index (χ2n) is 8.86. The van der Waals surface area contributed by atoms with Crippen LogP contribution in [0.15, 0.2) is 30.5 Å². The average Bonchev–Trinajstić information content (AvgIpc) is 3.18. The first kappa shape index (κ1) is 24.0. The van der Waals surface area contributed by atoms with Crippen LogP contribution in [0.5, 0.6) is 5.75 Å². The topological polar surface area (TPSA) is 122 Å². The Labute approximate surface area is 192 Å². The molecule has 1 aliphatic rings. The molecule has 0 radical (unpaired) electrons. The van der Waals surface area contributed by atoms with Gasteiger partial charge in [0.2, 0.25) is 5.95 Å². The zero-order valence-electron chi connectivity index (χ0n) is 19.4. The summed E-state index contributed by atoms with van der Waals surface area (Å²) in [7, 11) is 0. The molecule has 1 aromatic heterocycles. The van der Waals surface area contributed by atoms with Gasteiger partial charge < -0.3 is 14.6 Å². The molecular formula is C23H28N4O6. The van der Waals surface area contributed by atoms with E-state index in [-0.39, 0.29) is 17.8 Å². The minimum Gasteiger partial charge on any atom is -0.493 e. The highest BCUT2D eigenvalue weighted by atomic mass is 16.6. The molecule has 1 aliphatic heterocycles. The van der Waals surface area contributed by atoms with Crippen LogP contribution >= 0.6 is 0 Å². The number of amides is 2. The standard InChI is InChI=1S/C23H28N4O6/c1-14(2)27(22(31)33-23(3,4)5)21-24-10-8-18(25-21)26(13-19(28)29)20(30)16-6-7-17-15(12-16)9-11-32-17/h6-8,10,12,14H,9,11,13H2,1-5H3,(H,28,29). The Kier molecular flexibility index (Phi) is 6.85. The molecule has 0 aliphatic carbocycles. The lowest BCUT2D eigenvalue weighted by atomic mass is 10.1. The fourth-order valence-electron chi connectivity index (χ4n) is 3.31. The number of carboxylic acid groups (broad SMARTS) is 1. The van der Waals surface area contributed by atoms with Crippen LogP contribution in [0, 0.1) is 0 Å². The number of hydrogen-bond acceptors (Lipinski definition) is 7. The number of hydrogen-bond donors (Lipinski definition) is 1. The number of aliphatic carboxylic acids is 1.